The van der Waals surface area contributed by atoms with E-state index in [1.54, 1.807) is 36.4 Å². The number of hydrogen-bond donors (Lipinski definition) is 4. The first-order valence-electron chi connectivity index (χ1n) is 10.4. The molecular formula is C26H23F3N4. The van der Waals surface area contributed by atoms with Gasteiger partial charge in [0.1, 0.15) is 5.82 Å². The lowest BCUT2D eigenvalue weighted by atomic mass is 9.99. The summed E-state index contributed by atoms with van der Waals surface area (Å²) < 4.78 is 41.3. The minimum absolute atomic E-state index is 0.232. The molecule has 0 spiro atoms. The molecule has 0 aliphatic rings. The van der Waals surface area contributed by atoms with Crippen molar-refractivity contribution in [2.24, 2.45) is 0 Å². The van der Waals surface area contributed by atoms with E-state index in [1.165, 1.54) is 12.1 Å². The van der Waals surface area contributed by atoms with Crippen molar-refractivity contribution in [1.82, 2.24) is 0 Å². The average Bonchev–Trinajstić information content (AvgIpc) is 2.81. The molecule has 168 valence electrons. The maximum Gasteiger partial charge on any atom is 0.159 e. The van der Waals surface area contributed by atoms with Crippen LogP contribution in [0.4, 0.5) is 35.9 Å². The summed E-state index contributed by atoms with van der Waals surface area (Å²) in [6.07, 6.45) is 0. The van der Waals surface area contributed by atoms with Gasteiger partial charge in [-0.1, -0.05) is 36.4 Å². The highest BCUT2D eigenvalue weighted by molar-refractivity contribution is 5.85. The van der Waals surface area contributed by atoms with Crippen LogP contribution in [0.15, 0.2) is 78.9 Å². The Hall–Kier alpha value is -4.13. The molecule has 0 amide bonds. The topological polar surface area (TPSA) is 76.1 Å². The van der Waals surface area contributed by atoms with E-state index in [2.05, 4.69) is 10.6 Å². The molecule has 33 heavy (non-hydrogen) atoms. The number of hydrogen-bond acceptors (Lipinski definition) is 4. The summed E-state index contributed by atoms with van der Waals surface area (Å²) >= 11 is 0. The fourth-order valence-electron chi connectivity index (χ4n) is 3.55. The van der Waals surface area contributed by atoms with Crippen molar-refractivity contribution in [2.75, 3.05) is 22.1 Å². The molecule has 0 radical (unpaired) electrons. The van der Waals surface area contributed by atoms with Gasteiger partial charge in [-0.05, 0) is 53.6 Å². The van der Waals surface area contributed by atoms with Crippen LogP contribution in [0.2, 0.25) is 0 Å². The monoisotopic (exact) mass is 448 g/mol. The molecule has 0 bridgehead atoms. The SMILES string of the molecule is Nc1ccccc1NCc1ccc(F)c(-c2cccc(NCc3ccc(F)c(F)c3)c2N)c1. The summed E-state index contributed by atoms with van der Waals surface area (Å²) in [7, 11) is 0. The first kappa shape index (κ1) is 22.1. The molecule has 4 rings (SSSR count). The van der Waals surface area contributed by atoms with Gasteiger partial charge in [0.2, 0.25) is 0 Å². The van der Waals surface area contributed by atoms with Crippen molar-refractivity contribution < 1.29 is 13.2 Å². The molecule has 4 nitrogen and oxygen atoms in total. The van der Waals surface area contributed by atoms with Crippen molar-refractivity contribution in [1.29, 1.82) is 0 Å². The largest absolute Gasteiger partial charge is 0.397 e. The van der Waals surface area contributed by atoms with Crippen molar-refractivity contribution in [3.05, 3.63) is 107 Å². The van der Waals surface area contributed by atoms with Gasteiger partial charge in [0.05, 0.1) is 22.7 Å². The molecule has 0 aromatic heterocycles. The quantitative estimate of drug-likeness (QED) is 0.256. The molecule has 0 heterocycles. The van der Waals surface area contributed by atoms with Crippen molar-refractivity contribution in [3.63, 3.8) is 0 Å². The molecule has 0 saturated carbocycles. The minimum atomic E-state index is -0.916. The predicted octanol–water partition coefficient (Wildman–Crippen LogP) is 6.16. The molecule has 0 aliphatic carbocycles. The lowest BCUT2D eigenvalue weighted by Crippen LogP contribution is -2.05. The van der Waals surface area contributed by atoms with Gasteiger partial charge in [0, 0.05) is 24.2 Å². The minimum Gasteiger partial charge on any atom is -0.397 e. The highest BCUT2D eigenvalue weighted by Gasteiger charge is 2.13. The summed E-state index contributed by atoms with van der Waals surface area (Å²) in [6, 6.07) is 21.2. The van der Waals surface area contributed by atoms with E-state index >= 15 is 0 Å². The lowest BCUT2D eigenvalue weighted by molar-refractivity contribution is 0.507. The summed E-state index contributed by atoms with van der Waals surface area (Å²) in [5.74, 6) is -2.22. The van der Waals surface area contributed by atoms with Crippen molar-refractivity contribution >= 4 is 22.7 Å². The van der Waals surface area contributed by atoms with Crippen LogP contribution in [-0.2, 0) is 13.1 Å². The Kier molecular flexibility index (Phi) is 6.40. The van der Waals surface area contributed by atoms with Gasteiger partial charge >= 0.3 is 0 Å². The van der Waals surface area contributed by atoms with E-state index in [0.29, 0.717) is 40.3 Å². The Morgan fingerprint density at radius 2 is 1.21 bits per heavy atom. The van der Waals surface area contributed by atoms with Gasteiger partial charge < -0.3 is 22.1 Å². The molecule has 4 aromatic rings. The zero-order valence-electron chi connectivity index (χ0n) is 17.7. The second-order valence-electron chi connectivity index (χ2n) is 7.62. The molecule has 4 aromatic carbocycles. The highest BCUT2D eigenvalue weighted by atomic mass is 19.2. The van der Waals surface area contributed by atoms with E-state index in [-0.39, 0.29) is 6.54 Å². The van der Waals surface area contributed by atoms with Crippen LogP contribution in [0, 0.1) is 17.5 Å². The van der Waals surface area contributed by atoms with Crippen LogP contribution < -0.4 is 22.1 Å². The van der Waals surface area contributed by atoms with Crippen molar-refractivity contribution in [3.8, 4) is 11.1 Å². The van der Waals surface area contributed by atoms with Crippen LogP contribution in [0.25, 0.3) is 11.1 Å². The number of nitrogens with two attached hydrogens (primary N) is 2. The number of anilines is 4. The third-order valence-electron chi connectivity index (χ3n) is 5.34. The maximum absolute atomic E-state index is 14.7. The number of rotatable bonds is 7. The van der Waals surface area contributed by atoms with E-state index in [0.717, 1.165) is 23.4 Å². The third kappa shape index (κ3) is 5.03. The Bertz CT molecular complexity index is 1290. The lowest BCUT2D eigenvalue weighted by Gasteiger charge is -2.15. The van der Waals surface area contributed by atoms with E-state index in [1.807, 2.05) is 18.2 Å². The van der Waals surface area contributed by atoms with Crippen LogP contribution >= 0.6 is 0 Å². The number of nitrogens with one attached hydrogen (secondary N) is 2. The number of benzene rings is 4. The van der Waals surface area contributed by atoms with Gasteiger partial charge in [0.15, 0.2) is 11.6 Å². The van der Waals surface area contributed by atoms with Gasteiger partial charge in [-0.2, -0.15) is 0 Å². The first-order valence-corrected chi connectivity index (χ1v) is 10.4. The number of nitrogen functional groups attached to an aromatic ring is 2. The van der Waals surface area contributed by atoms with Crippen LogP contribution in [-0.4, -0.2) is 0 Å². The van der Waals surface area contributed by atoms with Gasteiger partial charge in [0.25, 0.3) is 0 Å². The molecule has 0 aliphatic heterocycles. The maximum atomic E-state index is 14.7. The number of halogens is 3. The molecule has 6 N–H and O–H groups in total. The van der Waals surface area contributed by atoms with E-state index in [9.17, 15) is 13.2 Å². The molecule has 7 heteroatoms. The van der Waals surface area contributed by atoms with Gasteiger partial charge in [-0.25, -0.2) is 13.2 Å². The third-order valence-corrected chi connectivity index (χ3v) is 5.34. The zero-order valence-corrected chi connectivity index (χ0v) is 17.7. The molecule has 0 saturated heterocycles. The summed E-state index contributed by atoms with van der Waals surface area (Å²) in [4.78, 5) is 0. The summed E-state index contributed by atoms with van der Waals surface area (Å²) in [6.45, 7) is 0.686. The predicted molar refractivity (Wildman–Crippen MR) is 128 cm³/mol. The first-order chi connectivity index (χ1) is 15.9. The molecule has 0 fully saturated rings. The fourth-order valence-corrected chi connectivity index (χ4v) is 3.55. The zero-order chi connectivity index (χ0) is 23.4. The van der Waals surface area contributed by atoms with Gasteiger partial charge in [-0.3, -0.25) is 0 Å². The second-order valence-corrected chi connectivity index (χ2v) is 7.62. The fraction of sp³-hybridized carbons (Fsp3) is 0.0769. The second kappa shape index (κ2) is 9.56. The smallest absolute Gasteiger partial charge is 0.159 e. The van der Waals surface area contributed by atoms with E-state index < -0.39 is 17.5 Å². The summed E-state index contributed by atoms with van der Waals surface area (Å²) in [5.41, 5.74) is 17.0. The van der Waals surface area contributed by atoms with Crippen LogP contribution in [0.3, 0.4) is 0 Å². The highest BCUT2D eigenvalue weighted by Crippen LogP contribution is 2.34. The Morgan fingerprint density at radius 1 is 0.576 bits per heavy atom. The Balaban J connectivity index is 1.55. The Morgan fingerprint density at radius 3 is 1.94 bits per heavy atom. The summed E-state index contributed by atoms with van der Waals surface area (Å²) in [5, 5.41) is 6.36. The molecular weight excluding hydrogens is 425 g/mol. The van der Waals surface area contributed by atoms with E-state index in [4.69, 9.17) is 11.5 Å². The molecule has 0 atom stereocenters. The van der Waals surface area contributed by atoms with Crippen LogP contribution in [0.5, 0.6) is 0 Å². The normalized spacial score (nSPS) is 10.8. The van der Waals surface area contributed by atoms with Crippen molar-refractivity contribution in [2.45, 2.75) is 13.1 Å². The standard InChI is InChI=1S/C26H23F3N4/c27-20-10-8-16(14-32-24-6-2-1-5-23(24)30)12-19(20)18-4-3-7-25(26(18)31)33-15-17-9-11-21(28)22(29)13-17/h1-13,32-33H,14-15,30-31H2. The number of para-hydroxylation sites is 3. The molecule has 0 unspecified atom stereocenters. The Labute approximate surface area is 190 Å². The van der Waals surface area contributed by atoms with Crippen LogP contribution in [0.1, 0.15) is 11.1 Å². The average molecular weight is 448 g/mol. The van der Waals surface area contributed by atoms with Gasteiger partial charge in [-0.15, -0.1) is 0 Å².